The molecule has 0 amide bonds. The van der Waals surface area contributed by atoms with Crippen LogP contribution in [0.25, 0.3) is 0 Å². The molecule has 1 aliphatic rings. The highest BCUT2D eigenvalue weighted by atomic mass is 35.5. The Hall–Kier alpha value is -2.92. The van der Waals surface area contributed by atoms with Gasteiger partial charge in [0.1, 0.15) is 0 Å². The van der Waals surface area contributed by atoms with Crippen LogP contribution in [-0.2, 0) is 23.3 Å². The second-order valence-electron chi connectivity index (χ2n) is 8.09. The van der Waals surface area contributed by atoms with Crippen molar-refractivity contribution >= 4 is 29.7 Å². The van der Waals surface area contributed by atoms with Crippen molar-refractivity contribution < 1.29 is 9.53 Å². The van der Waals surface area contributed by atoms with Crippen molar-refractivity contribution in [1.82, 2.24) is 4.90 Å². The molecule has 0 unspecified atom stereocenters. The van der Waals surface area contributed by atoms with E-state index in [0.29, 0.717) is 5.06 Å². The SMILES string of the molecule is CC(=O)Oc1cc2c(s1)CCN(C(c1ccccc1)(c1ccccc1)c1ccccc1)C2.Cl. The van der Waals surface area contributed by atoms with Crippen LogP contribution in [0, 0.1) is 0 Å². The maximum absolute atomic E-state index is 11.5. The summed E-state index contributed by atoms with van der Waals surface area (Å²) in [5, 5.41) is 0.689. The van der Waals surface area contributed by atoms with E-state index in [-0.39, 0.29) is 18.4 Å². The number of halogens is 1. The third-order valence-corrected chi connectivity index (χ3v) is 7.25. The van der Waals surface area contributed by atoms with Crippen LogP contribution in [0.1, 0.15) is 34.1 Å². The van der Waals surface area contributed by atoms with Crippen LogP contribution in [-0.4, -0.2) is 17.4 Å². The molecule has 0 spiro atoms. The van der Waals surface area contributed by atoms with Gasteiger partial charge in [0.15, 0.2) is 5.06 Å². The summed E-state index contributed by atoms with van der Waals surface area (Å²) in [6.45, 7) is 3.15. The molecule has 0 aliphatic carbocycles. The van der Waals surface area contributed by atoms with E-state index in [1.54, 1.807) is 11.3 Å². The van der Waals surface area contributed by atoms with E-state index >= 15 is 0 Å². The summed E-state index contributed by atoms with van der Waals surface area (Å²) in [6.07, 6.45) is 0.926. The Morgan fingerprint density at radius 1 is 0.848 bits per heavy atom. The second-order valence-corrected chi connectivity index (χ2v) is 9.19. The van der Waals surface area contributed by atoms with E-state index in [1.165, 1.54) is 34.1 Å². The molecule has 1 aromatic heterocycles. The fraction of sp³-hybridized carbons (Fsp3) is 0.179. The van der Waals surface area contributed by atoms with Crippen LogP contribution in [0.15, 0.2) is 97.1 Å². The fourth-order valence-electron chi connectivity index (χ4n) is 4.87. The average Bonchev–Trinajstić information content (AvgIpc) is 3.23. The first-order valence-corrected chi connectivity index (χ1v) is 11.7. The Morgan fingerprint density at radius 3 is 1.79 bits per heavy atom. The Labute approximate surface area is 205 Å². The van der Waals surface area contributed by atoms with Crippen molar-refractivity contribution in [1.29, 1.82) is 0 Å². The zero-order valence-electron chi connectivity index (χ0n) is 18.4. The molecule has 0 saturated heterocycles. The molecule has 2 heterocycles. The third kappa shape index (κ3) is 4.34. The van der Waals surface area contributed by atoms with Crippen molar-refractivity contribution in [3.8, 4) is 5.06 Å². The molecule has 5 rings (SSSR count). The van der Waals surface area contributed by atoms with Crippen LogP contribution in [0.4, 0.5) is 0 Å². The highest BCUT2D eigenvalue weighted by Gasteiger charge is 2.43. The fourth-order valence-corrected chi connectivity index (χ4v) is 5.92. The number of esters is 1. The molecule has 3 aromatic carbocycles. The van der Waals surface area contributed by atoms with Crippen LogP contribution >= 0.6 is 23.7 Å². The second kappa shape index (κ2) is 9.92. The summed E-state index contributed by atoms with van der Waals surface area (Å²) >= 11 is 1.59. The van der Waals surface area contributed by atoms with Crippen LogP contribution in [0.2, 0.25) is 0 Å². The topological polar surface area (TPSA) is 29.5 Å². The Kier molecular flexibility index (Phi) is 6.99. The maximum Gasteiger partial charge on any atom is 0.308 e. The van der Waals surface area contributed by atoms with Crippen molar-refractivity contribution in [2.75, 3.05) is 6.54 Å². The summed E-state index contributed by atoms with van der Waals surface area (Å²) in [7, 11) is 0. The number of benzene rings is 3. The molecular weight excluding hydrogens is 450 g/mol. The van der Waals surface area contributed by atoms with Gasteiger partial charge in [-0.05, 0) is 34.7 Å². The zero-order valence-corrected chi connectivity index (χ0v) is 20.1. The monoisotopic (exact) mass is 475 g/mol. The Bertz CT molecular complexity index is 1110. The molecule has 0 atom stereocenters. The lowest BCUT2D eigenvalue weighted by Gasteiger charge is -2.47. The van der Waals surface area contributed by atoms with E-state index in [1.807, 2.05) is 6.07 Å². The first-order valence-electron chi connectivity index (χ1n) is 10.9. The van der Waals surface area contributed by atoms with E-state index in [4.69, 9.17) is 4.74 Å². The summed E-state index contributed by atoms with van der Waals surface area (Å²) in [5.41, 5.74) is 4.55. The molecule has 0 radical (unpaired) electrons. The zero-order chi connectivity index (χ0) is 22.0. The van der Waals surface area contributed by atoms with E-state index in [9.17, 15) is 4.79 Å². The normalized spacial score (nSPS) is 13.6. The number of rotatable bonds is 5. The van der Waals surface area contributed by atoms with E-state index < -0.39 is 5.54 Å². The van der Waals surface area contributed by atoms with Crippen LogP contribution in [0.3, 0.4) is 0 Å². The van der Waals surface area contributed by atoms with Crippen molar-refractivity contribution in [3.63, 3.8) is 0 Å². The molecule has 168 valence electrons. The number of fused-ring (bicyclic) bond motifs is 1. The van der Waals surface area contributed by atoms with Crippen molar-refractivity contribution in [2.24, 2.45) is 0 Å². The predicted octanol–water partition coefficient (Wildman–Crippen LogP) is 6.45. The van der Waals surface area contributed by atoms with Gasteiger partial charge in [0.25, 0.3) is 0 Å². The predicted molar refractivity (Wildman–Crippen MR) is 136 cm³/mol. The van der Waals surface area contributed by atoms with Gasteiger partial charge in [-0.15, -0.1) is 23.7 Å². The van der Waals surface area contributed by atoms with Crippen molar-refractivity contribution in [2.45, 2.75) is 25.4 Å². The van der Waals surface area contributed by atoms with Gasteiger partial charge in [0.05, 0.1) is 5.54 Å². The smallest absolute Gasteiger partial charge is 0.308 e. The highest BCUT2D eigenvalue weighted by Crippen LogP contribution is 2.45. The molecule has 1 aliphatic heterocycles. The number of nitrogens with zero attached hydrogens (tertiary/aromatic N) is 1. The first-order chi connectivity index (χ1) is 15.7. The highest BCUT2D eigenvalue weighted by molar-refractivity contribution is 7.14. The number of carbonyl (C=O) groups excluding carboxylic acids is 1. The van der Waals surface area contributed by atoms with Gasteiger partial charge >= 0.3 is 5.97 Å². The van der Waals surface area contributed by atoms with Gasteiger partial charge in [-0.25, -0.2) is 0 Å². The quantitative estimate of drug-likeness (QED) is 0.245. The molecular formula is C28H26ClNO2S. The molecule has 0 fully saturated rings. The van der Waals surface area contributed by atoms with Crippen LogP contribution < -0.4 is 4.74 Å². The summed E-state index contributed by atoms with van der Waals surface area (Å²) in [5.74, 6) is -0.271. The van der Waals surface area contributed by atoms with E-state index in [2.05, 4.69) is 95.9 Å². The molecule has 33 heavy (non-hydrogen) atoms. The van der Waals surface area contributed by atoms with Gasteiger partial charge < -0.3 is 4.74 Å². The van der Waals surface area contributed by atoms with Gasteiger partial charge in [-0.3, -0.25) is 9.69 Å². The summed E-state index contributed by atoms with van der Waals surface area (Å²) in [6, 6.07) is 34.4. The molecule has 0 N–H and O–H groups in total. The average molecular weight is 476 g/mol. The number of thiophene rings is 1. The lowest BCUT2D eigenvalue weighted by molar-refractivity contribution is -0.131. The van der Waals surface area contributed by atoms with Crippen LogP contribution in [0.5, 0.6) is 5.06 Å². The lowest BCUT2D eigenvalue weighted by atomic mass is 9.74. The number of hydrogen-bond acceptors (Lipinski definition) is 4. The lowest BCUT2D eigenvalue weighted by Crippen LogP contribution is -2.49. The minimum absolute atomic E-state index is 0. The molecule has 4 aromatic rings. The Balaban J connectivity index is 0.00000259. The number of carbonyl (C=O) groups is 1. The number of hydrogen-bond donors (Lipinski definition) is 0. The number of ether oxygens (including phenoxy) is 1. The minimum Gasteiger partial charge on any atom is -0.416 e. The van der Waals surface area contributed by atoms with Gasteiger partial charge in [-0.2, -0.15) is 0 Å². The third-order valence-electron chi connectivity index (χ3n) is 6.14. The maximum atomic E-state index is 11.5. The standard InChI is InChI=1S/C28H25NO2S.ClH/c1-21(30)31-27-19-22-20-29(18-17-26(22)32-27)28(23-11-5-2-6-12-23,24-13-7-3-8-14-24)25-15-9-4-10-16-25;/h2-16,19H,17-18,20H2,1H3;1H. The summed E-state index contributed by atoms with van der Waals surface area (Å²) < 4.78 is 5.40. The van der Waals surface area contributed by atoms with Gasteiger partial charge in [0.2, 0.25) is 0 Å². The van der Waals surface area contributed by atoms with Gasteiger partial charge in [-0.1, -0.05) is 91.0 Å². The molecule has 0 bridgehead atoms. The molecule has 3 nitrogen and oxygen atoms in total. The Morgan fingerprint density at radius 2 is 1.33 bits per heavy atom. The molecule has 5 heteroatoms. The van der Waals surface area contributed by atoms with Crippen molar-refractivity contribution in [3.05, 3.63) is 124 Å². The van der Waals surface area contributed by atoms with E-state index in [0.717, 1.165) is 19.5 Å². The summed E-state index contributed by atoms with van der Waals surface area (Å²) in [4.78, 5) is 15.4. The largest absolute Gasteiger partial charge is 0.416 e. The minimum atomic E-state index is -0.426. The first kappa shape index (κ1) is 23.2. The molecule has 0 saturated carbocycles. The van der Waals surface area contributed by atoms with Gasteiger partial charge in [0, 0.05) is 24.9 Å².